The van der Waals surface area contributed by atoms with Gasteiger partial charge in [-0.3, -0.25) is 0 Å². The Kier molecular flexibility index (Phi) is 2.88. The summed E-state index contributed by atoms with van der Waals surface area (Å²) in [5.74, 6) is -1.10. The van der Waals surface area contributed by atoms with Gasteiger partial charge in [0.05, 0.1) is 15.6 Å². The lowest BCUT2D eigenvalue weighted by atomic mass is 10.2. The molecule has 0 saturated heterocycles. The predicted octanol–water partition coefficient (Wildman–Crippen LogP) is 2.98. The van der Waals surface area contributed by atoms with Crippen LogP contribution in [-0.2, 0) is 0 Å². The number of thiol groups is 1. The molecular weight excluding hydrogens is 219 g/mol. The second-order valence-corrected chi connectivity index (χ2v) is 3.30. The number of carboxylic acid groups (broad SMARTS) is 1. The van der Waals surface area contributed by atoms with Gasteiger partial charge in [0.2, 0.25) is 0 Å². The number of carbonyl (C=O) groups is 1. The highest BCUT2D eigenvalue weighted by Crippen LogP contribution is 2.31. The third-order valence-corrected chi connectivity index (χ3v) is 2.68. The Morgan fingerprint density at radius 1 is 1.33 bits per heavy atom. The van der Waals surface area contributed by atoms with E-state index < -0.39 is 5.97 Å². The molecule has 1 aromatic rings. The fourth-order valence-electron chi connectivity index (χ4n) is 0.704. The van der Waals surface area contributed by atoms with Crippen molar-refractivity contribution in [1.82, 2.24) is 0 Å². The molecule has 1 N–H and O–H groups in total. The van der Waals surface area contributed by atoms with Gasteiger partial charge in [0.15, 0.2) is 0 Å². The zero-order valence-electron chi connectivity index (χ0n) is 5.71. The summed E-state index contributed by atoms with van der Waals surface area (Å²) >= 11 is 15.3. The van der Waals surface area contributed by atoms with Gasteiger partial charge in [-0.15, -0.1) is 12.6 Å². The molecule has 1 aromatic carbocycles. The van der Waals surface area contributed by atoms with Crippen molar-refractivity contribution in [3.63, 3.8) is 0 Å². The first-order valence-corrected chi connectivity index (χ1v) is 4.14. The lowest BCUT2D eigenvalue weighted by Crippen LogP contribution is -1.97. The maximum absolute atomic E-state index is 10.5. The zero-order valence-corrected chi connectivity index (χ0v) is 8.12. The van der Waals surface area contributed by atoms with Gasteiger partial charge in [0.1, 0.15) is 0 Å². The maximum Gasteiger partial charge on any atom is 0.337 e. The first-order valence-electron chi connectivity index (χ1n) is 2.94. The van der Waals surface area contributed by atoms with Crippen LogP contribution < -0.4 is 0 Å². The average molecular weight is 223 g/mol. The molecule has 0 bridgehead atoms. The van der Waals surface area contributed by atoms with E-state index in [1.807, 2.05) is 0 Å². The van der Waals surface area contributed by atoms with Gasteiger partial charge in [-0.2, -0.15) is 0 Å². The monoisotopic (exact) mass is 222 g/mol. The van der Waals surface area contributed by atoms with Crippen LogP contribution in [0.1, 0.15) is 10.4 Å². The fraction of sp³-hybridized carbons (Fsp3) is 0. The van der Waals surface area contributed by atoms with Crippen LogP contribution >= 0.6 is 35.8 Å². The molecular formula is C7H4Cl2O2S. The highest BCUT2D eigenvalue weighted by Gasteiger charge is 2.12. The SMILES string of the molecule is O=C(O)c1ccc(S)c(Cl)c1Cl. The Balaban J connectivity index is 3.36. The van der Waals surface area contributed by atoms with Crippen molar-refractivity contribution < 1.29 is 9.90 Å². The minimum atomic E-state index is -1.10. The van der Waals surface area contributed by atoms with Gasteiger partial charge in [-0.05, 0) is 12.1 Å². The summed E-state index contributed by atoms with van der Waals surface area (Å²) in [6.07, 6.45) is 0. The molecule has 0 heterocycles. The summed E-state index contributed by atoms with van der Waals surface area (Å²) in [5.41, 5.74) is -0.0144. The second kappa shape index (κ2) is 3.56. The molecule has 0 radical (unpaired) electrons. The summed E-state index contributed by atoms with van der Waals surface area (Å²) < 4.78 is 0. The quantitative estimate of drug-likeness (QED) is 0.718. The number of carboxylic acids is 1. The molecule has 0 aliphatic heterocycles. The molecule has 5 heteroatoms. The molecule has 0 atom stereocenters. The lowest BCUT2D eigenvalue weighted by molar-refractivity contribution is 0.0697. The molecule has 64 valence electrons. The van der Waals surface area contributed by atoms with Gasteiger partial charge in [0.25, 0.3) is 0 Å². The van der Waals surface area contributed by atoms with Crippen molar-refractivity contribution in [2.45, 2.75) is 4.90 Å². The van der Waals surface area contributed by atoms with Crippen LogP contribution in [0.4, 0.5) is 0 Å². The standard InChI is InChI=1S/C7H4Cl2O2S/c8-5-3(7(10)11)1-2-4(12)6(5)9/h1-2,12H,(H,10,11). The van der Waals surface area contributed by atoms with Crippen molar-refractivity contribution in [2.75, 3.05) is 0 Å². The summed E-state index contributed by atoms with van der Waals surface area (Å²) in [6, 6.07) is 2.85. The third kappa shape index (κ3) is 1.68. The first kappa shape index (κ1) is 9.71. The highest BCUT2D eigenvalue weighted by molar-refractivity contribution is 7.80. The summed E-state index contributed by atoms with van der Waals surface area (Å²) in [6.45, 7) is 0. The van der Waals surface area contributed by atoms with Gasteiger partial charge in [0, 0.05) is 4.90 Å². The largest absolute Gasteiger partial charge is 0.478 e. The van der Waals surface area contributed by atoms with Gasteiger partial charge >= 0.3 is 5.97 Å². The van der Waals surface area contributed by atoms with E-state index in [-0.39, 0.29) is 15.6 Å². The van der Waals surface area contributed by atoms with Crippen LogP contribution in [0.5, 0.6) is 0 Å². The highest BCUT2D eigenvalue weighted by atomic mass is 35.5. The zero-order chi connectivity index (χ0) is 9.30. The Hall–Kier alpha value is -0.380. The molecule has 0 aromatic heterocycles. The Morgan fingerprint density at radius 3 is 2.42 bits per heavy atom. The van der Waals surface area contributed by atoms with Crippen molar-refractivity contribution >= 4 is 41.8 Å². The van der Waals surface area contributed by atoms with E-state index in [9.17, 15) is 4.79 Å². The van der Waals surface area contributed by atoms with E-state index in [4.69, 9.17) is 28.3 Å². The van der Waals surface area contributed by atoms with Crippen LogP contribution in [0.2, 0.25) is 10.0 Å². The number of hydrogen-bond donors (Lipinski definition) is 2. The summed E-state index contributed by atoms with van der Waals surface area (Å²) in [5, 5.41) is 8.80. The predicted molar refractivity (Wildman–Crippen MR) is 50.7 cm³/mol. The smallest absolute Gasteiger partial charge is 0.337 e. The van der Waals surface area contributed by atoms with Crippen LogP contribution in [0.3, 0.4) is 0 Å². The Labute approximate surface area is 84.5 Å². The van der Waals surface area contributed by atoms with E-state index in [1.165, 1.54) is 12.1 Å². The summed E-state index contributed by atoms with van der Waals surface area (Å²) in [4.78, 5) is 11.0. The number of benzene rings is 1. The van der Waals surface area contributed by atoms with Crippen molar-refractivity contribution in [3.8, 4) is 0 Å². The molecule has 12 heavy (non-hydrogen) atoms. The molecule has 0 saturated carbocycles. The van der Waals surface area contributed by atoms with E-state index in [1.54, 1.807) is 0 Å². The van der Waals surface area contributed by atoms with Crippen LogP contribution in [0.25, 0.3) is 0 Å². The van der Waals surface area contributed by atoms with Crippen molar-refractivity contribution in [3.05, 3.63) is 27.7 Å². The van der Waals surface area contributed by atoms with Crippen LogP contribution in [0.15, 0.2) is 17.0 Å². The number of hydrogen-bond acceptors (Lipinski definition) is 2. The van der Waals surface area contributed by atoms with Gasteiger partial charge in [-0.25, -0.2) is 4.79 Å². The topological polar surface area (TPSA) is 37.3 Å². The van der Waals surface area contributed by atoms with Crippen LogP contribution in [0, 0.1) is 0 Å². The van der Waals surface area contributed by atoms with E-state index in [2.05, 4.69) is 12.6 Å². The normalized spacial score (nSPS) is 9.92. The van der Waals surface area contributed by atoms with E-state index >= 15 is 0 Å². The number of halogens is 2. The number of aromatic carboxylic acids is 1. The molecule has 0 spiro atoms. The van der Waals surface area contributed by atoms with Gasteiger partial charge < -0.3 is 5.11 Å². The van der Waals surface area contributed by atoms with E-state index in [0.717, 1.165) is 0 Å². The molecule has 0 fully saturated rings. The first-order chi connectivity index (χ1) is 5.54. The average Bonchev–Trinajstić information content (AvgIpc) is 2.00. The molecule has 0 aliphatic rings. The van der Waals surface area contributed by atoms with Gasteiger partial charge in [-0.1, -0.05) is 23.2 Å². The minimum Gasteiger partial charge on any atom is -0.478 e. The molecule has 2 nitrogen and oxygen atoms in total. The van der Waals surface area contributed by atoms with Crippen LogP contribution in [-0.4, -0.2) is 11.1 Å². The van der Waals surface area contributed by atoms with Crippen molar-refractivity contribution in [1.29, 1.82) is 0 Å². The Morgan fingerprint density at radius 2 is 1.92 bits per heavy atom. The molecule has 0 aliphatic carbocycles. The molecule has 0 unspecified atom stereocenters. The maximum atomic E-state index is 10.5. The van der Waals surface area contributed by atoms with Crippen molar-refractivity contribution in [2.24, 2.45) is 0 Å². The molecule has 0 amide bonds. The molecule has 1 rings (SSSR count). The van der Waals surface area contributed by atoms with E-state index in [0.29, 0.717) is 4.90 Å². The lowest BCUT2D eigenvalue weighted by Gasteiger charge is -2.02. The second-order valence-electron chi connectivity index (χ2n) is 2.07. The summed E-state index contributed by atoms with van der Waals surface area (Å²) in [7, 11) is 0. The minimum absolute atomic E-state index is 0.0144. The fourth-order valence-corrected chi connectivity index (χ4v) is 1.37. The number of rotatable bonds is 1. The Bertz CT molecular complexity index is 338. The third-order valence-electron chi connectivity index (χ3n) is 1.29.